The quantitative estimate of drug-likeness (QED) is 0.604. The Bertz CT molecular complexity index is 1150. The van der Waals surface area contributed by atoms with Gasteiger partial charge in [0.05, 0.1) is 23.3 Å². The number of nitrogens with zero attached hydrogens (tertiary/aromatic N) is 4. The molecule has 1 aliphatic rings. The number of halogens is 3. The van der Waals surface area contributed by atoms with E-state index in [1.165, 1.54) is 18.2 Å². The number of benzene rings is 2. The van der Waals surface area contributed by atoms with Crippen molar-refractivity contribution in [3.8, 4) is 0 Å². The molecule has 0 aliphatic carbocycles. The first-order chi connectivity index (χ1) is 15.8. The Morgan fingerprint density at radius 1 is 1.03 bits per heavy atom. The molecule has 11 heteroatoms. The fourth-order valence-electron chi connectivity index (χ4n) is 3.83. The summed E-state index contributed by atoms with van der Waals surface area (Å²) in [6, 6.07) is 9.19. The van der Waals surface area contributed by atoms with Crippen LogP contribution in [0.1, 0.15) is 35.2 Å². The van der Waals surface area contributed by atoms with Gasteiger partial charge in [-0.05, 0) is 49.6 Å². The molecule has 174 valence electrons. The summed E-state index contributed by atoms with van der Waals surface area (Å²) in [7, 11) is 0. The lowest BCUT2D eigenvalue weighted by atomic mass is 10.1. The number of hydrogen-bond donors (Lipinski definition) is 2. The van der Waals surface area contributed by atoms with E-state index in [1.807, 2.05) is 4.90 Å². The third-order valence-corrected chi connectivity index (χ3v) is 5.49. The summed E-state index contributed by atoms with van der Waals surface area (Å²) in [5.41, 5.74) is 0.561. The van der Waals surface area contributed by atoms with Crippen molar-refractivity contribution < 1.29 is 22.8 Å². The third kappa shape index (κ3) is 5.24. The Labute approximate surface area is 187 Å². The Balaban J connectivity index is 1.35. The Hall–Kier alpha value is -3.63. The standard InChI is InChI=1S/C22H23F3N6O2/c23-22(24,25)16-6-2-3-7-17(16)27-21(33)26-10-13-31-19-9-8-15(14-18(19)28-29-31)20(32)30-11-4-1-5-12-30/h2-3,6-9,14H,1,4-5,10-13H2,(H2,26,27,33). The number of aromatic nitrogens is 3. The summed E-state index contributed by atoms with van der Waals surface area (Å²) in [5, 5.41) is 12.9. The molecule has 1 aromatic heterocycles. The van der Waals surface area contributed by atoms with Gasteiger partial charge in [-0.1, -0.05) is 17.3 Å². The van der Waals surface area contributed by atoms with Crippen LogP contribution in [0.2, 0.25) is 0 Å². The van der Waals surface area contributed by atoms with Crippen molar-refractivity contribution in [3.63, 3.8) is 0 Å². The summed E-state index contributed by atoms with van der Waals surface area (Å²) < 4.78 is 40.7. The Morgan fingerprint density at radius 3 is 2.55 bits per heavy atom. The third-order valence-electron chi connectivity index (χ3n) is 5.49. The normalized spacial score (nSPS) is 14.3. The molecule has 0 saturated carbocycles. The van der Waals surface area contributed by atoms with Crippen molar-refractivity contribution in [2.75, 3.05) is 25.0 Å². The van der Waals surface area contributed by atoms with E-state index in [0.29, 0.717) is 16.6 Å². The highest BCUT2D eigenvalue weighted by Gasteiger charge is 2.33. The van der Waals surface area contributed by atoms with Crippen molar-refractivity contribution in [3.05, 3.63) is 53.6 Å². The van der Waals surface area contributed by atoms with E-state index in [1.54, 1.807) is 22.9 Å². The predicted octanol–water partition coefficient (Wildman–Crippen LogP) is 3.90. The van der Waals surface area contributed by atoms with Crippen molar-refractivity contribution >= 4 is 28.7 Å². The second-order valence-electron chi connectivity index (χ2n) is 7.79. The molecule has 0 atom stereocenters. The minimum Gasteiger partial charge on any atom is -0.339 e. The van der Waals surface area contributed by atoms with Gasteiger partial charge < -0.3 is 15.5 Å². The number of piperidine rings is 1. The molecule has 2 heterocycles. The highest BCUT2D eigenvalue weighted by Crippen LogP contribution is 2.34. The molecule has 0 unspecified atom stereocenters. The van der Waals surface area contributed by atoms with Crippen molar-refractivity contribution in [2.24, 2.45) is 0 Å². The topological polar surface area (TPSA) is 92.1 Å². The lowest BCUT2D eigenvalue weighted by molar-refractivity contribution is -0.136. The first-order valence-corrected chi connectivity index (χ1v) is 10.7. The van der Waals surface area contributed by atoms with Crippen LogP contribution in [0, 0.1) is 0 Å². The van der Waals surface area contributed by atoms with Crippen LogP contribution in [0.25, 0.3) is 11.0 Å². The molecule has 3 amide bonds. The molecule has 8 nitrogen and oxygen atoms in total. The van der Waals surface area contributed by atoms with E-state index in [2.05, 4.69) is 20.9 Å². The zero-order valence-electron chi connectivity index (χ0n) is 17.7. The number of fused-ring (bicyclic) bond motifs is 1. The minimum absolute atomic E-state index is 0.0244. The van der Waals surface area contributed by atoms with Crippen molar-refractivity contribution in [2.45, 2.75) is 32.0 Å². The molecule has 0 radical (unpaired) electrons. The van der Waals surface area contributed by atoms with Crippen molar-refractivity contribution in [1.82, 2.24) is 25.2 Å². The number of carbonyl (C=O) groups is 2. The second kappa shape index (κ2) is 9.47. The van der Waals surface area contributed by atoms with Crippen LogP contribution in [-0.4, -0.2) is 51.5 Å². The summed E-state index contributed by atoms with van der Waals surface area (Å²) in [6.07, 6.45) is -1.42. The molecule has 33 heavy (non-hydrogen) atoms. The number of likely N-dealkylation sites (tertiary alicyclic amines) is 1. The number of anilines is 1. The van der Waals surface area contributed by atoms with Gasteiger partial charge in [0.25, 0.3) is 5.91 Å². The molecule has 2 N–H and O–H groups in total. The molecule has 2 aromatic carbocycles. The predicted molar refractivity (Wildman–Crippen MR) is 116 cm³/mol. The van der Waals surface area contributed by atoms with Crippen LogP contribution in [0.15, 0.2) is 42.5 Å². The van der Waals surface area contributed by atoms with Gasteiger partial charge in [0.1, 0.15) is 5.52 Å². The lowest BCUT2D eigenvalue weighted by Gasteiger charge is -2.26. The van der Waals surface area contributed by atoms with Crippen LogP contribution in [0.3, 0.4) is 0 Å². The van der Waals surface area contributed by atoms with Gasteiger partial charge in [0, 0.05) is 25.2 Å². The van der Waals surface area contributed by atoms with Crippen LogP contribution in [-0.2, 0) is 12.7 Å². The van der Waals surface area contributed by atoms with Crippen LogP contribution in [0.4, 0.5) is 23.7 Å². The first-order valence-electron chi connectivity index (χ1n) is 10.7. The number of urea groups is 1. The number of alkyl halides is 3. The van der Waals surface area contributed by atoms with E-state index >= 15 is 0 Å². The fraction of sp³-hybridized carbons (Fsp3) is 0.364. The van der Waals surface area contributed by atoms with Crippen LogP contribution < -0.4 is 10.6 Å². The first kappa shape index (κ1) is 22.6. The summed E-state index contributed by atoms with van der Waals surface area (Å²) in [5.74, 6) is -0.0244. The smallest absolute Gasteiger partial charge is 0.339 e. The van der Waals surface area contributed by atoms with E-state index in [0.717, 1.165) is 38.4 Å². The average molecular weight is 460 g/mol. The summed E-state index contributed by atoms with van der Waals surface area (Å²) >= 11 is 0. The van der Waals surface area contributed by atoms with Gasteiger partial charge in [0.15, 0.2) is 0 Å². The number of amides is 3. The van der Waals surface area contributed by atoms with Gasteiger partial charge in [-0.2, -0.15) is 13.2 Å². The maximum Gasteiger partial charge on any atom is 0.418 e. The molecular weight excluding hydrogens is 437 g/mol. The van der Waals surface area contributed by atoms with E-state index in [-0.39, 0.29) is 24.7 Å². The maximum atomic E-state index is 13.1. The molecule has 4 rings (SSSR count). The van der Waals surface area contributed by atoms with Gasteiger partial charge in [-0.15, -0.1) is 5.10 Å². The highest BCUT2D eigenvalue weighted by molar-refractivity contribution is 5.97. The van der Waals surface area contributed by atoms with Gasteiger partial charge in [0.2, 0.25) is 0 Å². The summed E-state index contributed by atoms with van der Waals surface area (Å²) in [4.78, 5) is 26.6. The molecule has 3 aromatic rings. The number of hydrogen-bond acceptors (Lipinski definition) is 4. The molecule has 1 aliphatic heterocycles. The lowest BCUT2D eigenvalue weighted by Crippen LogP contribution is -2.35. The second-order valence-corrected chi connectivity index (χ2v) is 7.79. The monoisotopic (exact) mass is 460 g/mol. The van der Waals surface area contributed by atoms with Crippen LogP contribution in [0.5, 0.6) is 0 Å². The van der Waals surface area contributed by atoms with E-state index in [9.17, 15) is 22.8 Å². The SMILES string of the molecule is O=C(NCCn1nnc2cc(C(=O)N3CCCCC3)ccc21)Nc1ccccc1C(F)(F)F. The molecule has 0 bridgehead atoms. The number of carbonyl (C=O) groups excluding carboxylic acids is 2. The Morgan fingerprint density at radius 2 is 1.79 bits per heavy atom. The maximum absolute atomic E-state index is 13.1. The van der Waals surface area contributed by atoms with Crippen molar-refractivity contribution in [1.29, 1.82) is 0 Å². The molecule has 0 spiro atoms. The van der Waals surface area contributed by atoms with E-state index < -0.39 is 17.8 Å². The summed E-state index contributed by atoms with van der Waals surface area (Å²) in [6.45, 7) is 1.88. The number of nitrogens with one attached hydrogen (secondary N) is 2. The molecular formula is C22H23F3N6O2. The fourth-order valence-corrected chi connectivity index (χ4v) is 3.83. The zero-order valence-corrected chi connectivity index (χ0v) is 17.7. The number of para-hydroxylation sites is 1. The largest absolute Gasteiger partial charge is 0.418 e. The van der Waals surface area contributed by atoms with E-state index in [4.69, 9.17) is 0 Å². The molecule has 1 saturated heterocycles. The van der Waals surface area contributed by atoms with Gasteiger partial charge in [-0.3, -0.25) is 4.79 Å². The average Bonchev–Trinajstić information content (AvgIpc) is 3.21. The minimum atomic E-state index is -4.57. The molecule has 1 fully saturated rings. The number of rotatable bonds is 5. The van der Waals surface area contributed by atoms with Crippen LogP contribution >= 0.6 is 0 Å². The van der Waals surface area contributed by atoms with Gasteiger partial charge >= 0.3 is 12.2 Å². The Kier molecular flexibility index (Phi) is 6.47. The van der Waals surface area contributed by atoms with Gasteiger partial charge in [-0.25, -0.2) is 9.48 Å². The zero-order chi connectivity index (χ0) is 23.4. The highest BCUT2D eigenvalue weighted by atomic mass is 19.4.